The van der Waals surface area contributed by atoms with Crippen LogP contribution in [0.1, 0.15) is 12.6 Å². The molecule has 2 amide bonds. The van der Waals surface area contributed by atoms with Gasteiger partial charge in [0.05, 0.1) is 6.61 Å². The minimum Gasteiger partial charge on any atom is -0.477 e. The Balaban J connectivity index is 1.70. The van der Waals surface area contributed by atoms with Crippen molar-refractivity contribution in [1.29, 1.82) is 0 Å². The summed E-state index contributed by atoms with van der Waals surface area (Å²) in [6.45, 7) is 2.79. The normalized spacial score (nSPS) is 21.1. The molecule has 2 atom stereocenters. The van der Waals surface area contributed by atoms with E-state index in [1.54, 1.807) is 5.38 Å². The number of rotatable bonds is 9. The molecule has 0 saturated carbocycles. The van der Waals surface area contributed by atoms with E-state index in [9.17, 15) is 19.5 Å². The molecule has 3 heterocycles. The zero-order valence-corrected chi connectivity index (χ0v) is 17.0. The second-order valence-electron chi connectivity index (χ2n) is 5.82. The second kappa shape index (κ2) is 9.24. The van der Waals surface area contributed by atoms with Crippen molar-refractivity contribution in [2.24, 2.45) is 5.16 Å². The molecule has 0 bridgehead atoms. The number of nitrogens with two attached hydrogens (primary N) is 1. The number of thioether (sulfide) groups is 1. The molecule has 1 saturated heterocycles. The number of carbonyl (C=O) groups excluding carboxylic acids is 2. The summed E-state index contributed by atoms with van der Waals surface area (Å²) >= 11 is 2.49. The molecule has 0 aromatic carbocycles. The monoisotopic (exact) mass is 441 g/mol. The van der Waals surface area contributed by atoms with Crippen molar-refractivity contribution >= 4 is 51.7 Å². The van der Waals surface area contributed by atoms with Crippen LogP contribution in [-0.2, 0) is 24.0 Å². The first kappa shape index (κ1) is 21.1. The van der Waals surface area contributed by atoms with Gasteiger partial charge < -0.3 is 25.7 Å². The molecule has 0 aliphatic carbocycles. The highest BCUT2D eigenvalue weighted by Gasteiger charge is 2.53. The van der Waals surface area contributed by atoms with Gasteiger partial charge in [-0.1, -0.05) is 5.16 Å². The van der Waals surface area contributed by atoms with Crippen molar-refractivity contribution in [2.75, 3.05) is 31.3 Å². The molecule has 3 rings (SSSR count). The van der Waals surface area contributed by atoms with E-state index >= 15 is 0 Å². The van der Waals surface area contributed by atoms with Crippen LogP contribution in [0, 0.1) is 0 Å². The number of anilines is 1. The Morgan fingerprint density at radius 1 is 1.48 bits per heavy atom. The number of oxime groups is 1. The molecule has 1 unspecified atom stereocenters. The number of nitrogen functional groups attached to an aromatic ring is 1. The molecule has 2 aliphatic rings. The number of nitrogens with zero attached hydrogens (tertiary/aromatic N) is 3. The summed E-state index contributed by atoms with van der Waals surface area (Å²) in [5.41, 5.74) is 5.64. The maximum atomic E-state index is 12.8. The SMILES string of the molecule is CCOCCON=C(C(=O)NC1C(=O)N2C(C(=O)O)=CCS[C@@H]12)c1csc(N)n1. The Labute approximate surface area is 173 Å². The standard InChI is InChI=1S/C16H19N5O6S2/c1-2-26-4-5-27-20-10(8-7-29-16(17)18-8)12(22)19-11-13(23)21-9(15(24)25)3-6-28-14(11)21/h3,7,11,14H,2,4-6H2,1H3,(H2,17,18)(H,19,22)(H,24,25)/t11?,14-/m0/s1. The van der Waals surface area contributed by atoms with E-state index in [0.717, 1.165) is 16.2 Å². The van der Waals surface area contributed by atoms with Crippen LogP contribution in [0.4, 0.5) is 5.13 Å². The summed E-state index contributed by atoms with van der Waals surface area (Å²) < 4.78 is 5.14. The van der Waals surface area contributed by atoms with Gasteiger partial charge in [0.1, 0.15) is 29.4 Å². The van der Waals surface area contributed by atoms with Crippen LogP contribution in [-0.4, -0.2) is 75.5 Å². The number of aliphatic carboxylic acids is 1. The highest BCUT2D eigenvalue weighted by atomic mass is 32.2. The molecule has 1 aromatic heterocycles. The first-order chi connectivity index (χ1) is 13.9. The first-order valence-electron chi connectivity index (χ1n) is 8.62. The van der Waals surface area contributed by atoms with Crippen molar-refractivity contribution in [1.82, 2.24) is 15.2 Å². The van der Waals surface area contributed by atoms with Crippen LogP contribution in [0.3, 0.4) is 0 Å². The molecule has 13 heteroatoms. The summed E-state index contributed by atoms with van der Waals surface area (Å²) in [6.07, 6.45) is 1.47. The molecule has 1 aromatic rings. The van der Waals surface area contributed by atoms with Crippen molar-refractivity contribution in [3.05, 3.63) is 22.8 Å². The van der Waals surface area contributed by atoms with Crippen LogP contribution in [0.15, 0.2) is 22.3 Å². The number of hydrogen-bond donors (Lipinski definition) is 3. The molecule has 4 N–H and O–H groups in total. The number of hydrogen-bond acceptors (Lipinski definition) is 10. The van der Waals surface area contributed by atoms with Crippen molar-refractivity contribution < 1.29 is 29.1 Å². The fraction of sp³-hybridized carbons (Fsp3) is 0.438. The third kappa shape index (κ3) is 4.52. The number of carboxylic acids is 1. The van der Waals surface area contributed by atoms with Gasteiger partial charge in [-0.2, -0.15) is 0 Å². The molecule has 0 spiro atoms. The second-order valence-corrected chi connectivity index (χ2v) is 7.86. The maximum absolute atomic E-state index is 12.8. The Morgan fingerprint density at radius 2 is 2.28 bits per heavy atom. The van der Waals surface area contributed by atoms with Crippen LogP contribution in [0.25, 0.3) is 0 Å². The van der Waals surface area contributed by atoms with Gasteiger partial charge in [0, 0.05) is 17.7 Å². The van der Waals surface area contributed by atoms with E-state index in [4.69, 9.17) is 15.3 Å². The molecule has 0 radical (unpaired) electrons. The number of aromatic nitrogens is 1. The Morgan fingerprint density at radius 3 is 2.93 bits per heavy atom. The van der Waals surface area contributed by atoms with Crippen LogP contribution in [0.2, 0.25) is 0 Å². The molecular weight excluding hydrogens is 422 g/mol. The van der Waals surface area contributed by atoms with E-state index < -0.39 is 29.2 Å². The van der Waals surface area contributed by atoms with Crippen molar-refractivity contribution in [3.8, 4) is 0 Å². The molecule has 11 nitrogen and oxygen atoms in total. The third-order valence-corrected chi connectivity index (χ3v) is 5.87. The fourth-order valence-corrected chi connectivity index (χ4v) is 4.44. The van der Waals surface area contributed by atoms with E-state index in [0.29, 0.717) is 19.0 Å². The summed E-state index contributed by atoms with van der Waals surface area (Å²) in [5.74, 6) is -1.93. The molecular formula is C16H19N5O6S2. The van der Waals surface area contributed by atoms with E-state index in [2.05, 4.69) is 15.5 Å². The number of carbonyl (C=O) groups is 3. The Bertz CT molecular complexity index is 870. The lowest BCUT2D eigenvalue weighted by Crippen LogP contribution is -2.70. The van der Waals surface area contributed by atoms with Gasteiger partial charge in [-0.05, 0) is 13.0 Å². The number of ether oxygens (including phenoxy) is 1. The number of amides is 2. The average Bonchev–Trinajstić information content (AvgIpc) is 3.13. The summed E-state index contributed by atoms with van der Waals surface area (Å²) in [5, 5.41) is 17.0. The van der Waals surface area contributed by atoms with Gasteiger partial charge in [-0.15, -0.1) is 23.1 Å². The maximum Gasteiger partial charge on any atom is 0.352 e. The van der Waals surface area contributed by atoms with Gasteiger partial charge in [-0.25, -0.2) is 9.78 Å². The minimum absolute atomic E-state index is 0.0790. The zero-order valence-electron chi connectivity index (χ0n) is 15.4. The van der Waals surface area contributed by atoms with Gasteiger partial charge >= 0.3 is 5.97 Å². The van der Waals surface area contributed by atoms with Gasteiger partial charge in [0.2, 0.25) is 0 Å². The van der Waals surface area contributed by atoms with Crippen LogP contribution < -0.4 is 11.1 Å². The van der Waals surface area contributed by atoms with Gasteiger partial charge in [-0.3, -0.25) is 14.5 Å². The van der Waals surface area contributed by atoms with E-state index in [1.165, 1.54) is 17.8 Å². The fourth-order valence-electron chi connectivity index (χ4n) is 2.70. The van der Waals surface area contributed by atoms with Gasteiger partial charge in [0.25, 0.3) is 11.8 Å². The number of β-lactam (4-membered cyclic amide) rings is 1. The van der Waals surface area contributed by atoms with Crippen LogP contribution in [0.5, 0.6) is 0 Å². The number of carboxylic acid groups (broad SMARTS) is 1. The zero-order chi connectivity index (χ0) is 21.0. The minimum atomic E-state index is -1.18. The van der Waals surface area contributed by atoms with Crippen molar-refractivity contribution in [2.45, 2.75) is 18.3 Å². The first-order valence-corrected chi connectivity index (χ1v) is 10.5. The summed E-state index contributed by atoms with van der Waals surface area (Å²) in [4.78, 5) is 46.8. The summed E-state index contributed by atoms with van der Waals surface area (Å²) in [7, 11) is 0. The quantitative estimate of drug-likeness (QED) is 0.205. The molecule has 2 aliphatic heterocycles. The van der Waals surface area contributed by atoms with E-state index in [-0.39, 0.29) is 28.8 Å². The van der Waals surface area contributed by atoms with Crippen LogP contribution >= 0.6 is 23.1 Å². The van der Waals surface area contributed by atoms with Crippen molar-refractivity contribution in [3.63, 3.8) is 0 Å². The lowest BCUT2D eigenvalue weighted by molar-refractivity contribution is -0.150. The van der Waals surface area contributed by atoms with E-state index in [1.807, 2.05) is 6.92 Å². The highest BCUT2D eigenvalue weighted by Crippen LogP contribution is 2.37. The summed E-state index contributed by atoms with van der Waals surface area (Å²) in [6, 6.07) is -0.875. The number of nitrogens with one attached hydrogen (secondary N) is 1. The smallest absolute Gasteiger partial charge is 0.352 e. The predicted molar refractivity (Wildman–Crippen MR) is 106 cm³/mol. The Hall–Kier alpha value is -2.64. The number of fused-ring (bicyclic) bond motifs is 1. The molecule has 1 fully saturated rings. The lowest BCUT2D eigenvalue weighted by Gasteiger charge is -2.48. The number of thiazole rings is 1. The topological polar surface area (TPSA) is 156 Å². The molecule has 156 valence electrons. The largest absolute Gasteiger partial charge is 0.477 e. The highest BCUT2D eigenvalue weighted by molar-refractivity contribution is 8.00. The Kier molecular flexibility index (Phi) is 6.71. The molecule has 29 heavy (non-hydrogen) atoms. The average molecular weight is 441 g/mol. The third-order valence-electron chi connectivity index (χ3n) is 4.01. The predicted octanol–water partition coefficient (Wildman–Crippen LogP) is -0.149. The lowest BCUT2D eigenvalue weighted by atomic mass is 10.0. The van der Waals surface area contributed by atoms with Gasteiger partial charge in [0.15, 0.2) is 10.8 Å².